The number of nitrogens with zero attached hydrogens (tertiary/aromatic N) is 1. The summed E-state index contributed by atoms with van der Waals surface area (Å²) in [6.07, 6.45) is 1.08. The summed E-state index contributed by atoms with van der Waals surface area (Å²) < 4.78 is 0. The molecule has 4 nitrogen and oxygen atoms in total. The molecule has 1 aliphatic heterocycles. The van der Waals surface area contributed by atoms with E-state index in [0.29, 0.717) is 29.7 Å². The largest absolute Gasteiger partial charge is 0.330 e. The Hall–Kier alpha value is -1.10. The van der Waals surface area contributed by atoms with Gasteiger partial charge in [0.1, 0.15) is 0 Å². The Labute approximate surface area is 118 Å². The first-order chi connectivity index (χ1) is 9.08. The number of amides is 1. The summed E-state index contributed by atoms with van der Waals surface area (Å²) in [6.45, 7) is 4.92. The molecular weight excluding hydrogens is 262 g/mol. The lowest BCUT2D eigenvalue weighted by molar-refractivity contribution is -0.117. The summed E-state index contributed by atoms with van der Waals surface area (Å²) >= 11 is 6.09. The maximum absolute atomic E-state index is 12.0. The first kappa shape index (κ1) is 14.3. The third-order valence-electron chi connectivity index (χ3n) is 3.47. The minimum atomic E-state index is -0.0246. The highest BCUT2D eigenvalue weighted by Crippen LogP contribution is 2.23. The number of nitrogens with two attached hydrogens (primary N) is 1. The number of aryl methyl sites for hydroxylation is 1. The average Bonchev–Trinajstić information content (AvgIpc) is 2.80. The van der Waals surface area contributed by atoms with Gasteiger partial charge in [0.05, 0.1) is 17.3 Å². The molecule has 0 radical (unpaired) electrons. The molecule has 1 saturated heterocycles. The number of hydrogen-bond acceptors (Lipinski definition) is 3. The van der Waals surface area contributed by atoms with Crippen LogP contribution in [0.15, 0.2) is 18.2 Å². The van der Waals surface area contributed by atoms with Gasteiger partial charge in [-0.05, 0) is 50.0 Å². The summed E-state index contributed by atoms with van der Waals surface area (Å²) in [5.41, 5.74) is 7.39. The number of halogens is 1. The Bertz CT molecular complexity index is 464. The van der Waals surface area contributed by atoms with Gasteiger partial charge in [0.2, 0.25) is 5.91 Å². The molecule has 0 aliphatic carbocycles. The van der Waals surface area contributed by atoms with Gasteiger partial charge in [-0.15, -0.1) is 0 Å². The maximum Gasteiger partial charge on any atom is 0.238 e. The monoisotopic (exact) mass is 281 g/mol. The van der Waals surface area contributed by atoms with Crippen molar-refractivity contribution >= 4 is 23.2 Å². The summed E-state index contributed by atoms with van der Waals surface area (Å²) in [5.74, 6) is 0.499. The van der Waals surface area contributed by atoms with Crippen LogP contribution in [0.4, 0.5) is 5.69 Å². The van der Waals surface area contributed by atoms with E-state index in [0.717, 1.165) is 25.1 Å². The minimum Gasteiger partial charge on any atom is -0.330 e. The van der Waals surface area contributed by atoms with Crippen LogP contribution in [-0.4, -0.2) is 37.0 Å². The quantitative estimate of drug-likeness (QED) is 0.886. The van der Waals surface area contributed by atoms with Crippen LogP contribution in [0.3, 0.4) is 0 Å². The van der Waals surface area contributed by atoms with E-state index in [2.05, 4.69) is 10.2 Å². The van der Waals surface area contributed by atoms with Crippen LogP contribution in [-0.2, 0) is 4.79 Å². The highest BCUT2D eigenvalue weighted by molar-refractivity contribution is 6.33. The van der Waals surface area contributed by atoms with Crippen molar-refractivity contribution in [2.24, 2.45) is 11.7 Å². The number of anilines is 1. The van der Waals surface area contributed by atoms with E-state index in [1.807, 2.05) is 25.1 Å². The van der Waals surface area contributed by atoms with Gasteiger partial charge in [0.25, 0.3) is 0 Å². The first-order valence-corrected chi connectivity index (χ1v) is 6.94. The number of rotatable bonds is 4. The fraction of sp³-hybridized carbons (Fsp3) is 0.500. The minimum absolute atomic E-state index is 0.0246. The highest BCUT2D eigenvalue weighted by Gasteiger charge is 2.22. The number of hydrogen-bond donors (Lipinski definition) is 2. The molecule has 19 heavy (non-hydrogen) atoms. The van der Waals surface area contributed by atoms with E-state index in [-0.39, 0.29) is 5.91 Å². The van der Waals surface area contributed by atoms with E-state index in [9.17, 15) is 4.79 Å². The van der Waals surface area contributed by atoms with Crippen molar-refractivity contribution in [3.8, 4) is 0 Å². The third kappa shape index (κ3) is 3.93. The molecule has 1 atom stereocenters. The Balaban J connectivity index is 1.87. The number of likely N-dealkylation sites (tertiary alicyclic amines) is 1. The molecule has 3 N–H and O–H groups in total. The second kappa shape index (κ2) is 6.37. The zero-order valence-corrected chi connectivity index (χ0v) is 11.9. The van der Waals surface area contributed by atoms with Gasteiger partial charge >= 0.3 is 0 Å². The average molecular weight is 282 g/mol. The molecule has 1 amide bonds. The van der Waals surface area contributed by atoms with Gasteiger partial charge in [0, 0.05) is 6.54 Å². The summed E-state index contributed by atoms with van der Waals surface area (Å²) in [4.78, 5) is 14.1. The van der Waals surface area contributed by atoms with Crippen molar-refractivity contribution in [1.29, 1.82) is 0 Å². The van der Waals surface area contributed by atoms with Crippen molar-refractivity contribution in [1.82, 2.24) is 4.90 Å². The topological polar surface area (TPSA) is 58.4 Å². The zero-order chi connectivity index (χ0) is 13.8. The SMILES string of the molecule is Cc1ccc(NC(=O)CN2CCC(CN)C2)c(Cl)c1. The predicted molar refractivity (Wildman–Crippen MR) is 78.4 cm³/mol. The van der Waals surface area contributed by atoms with Crippen LogP contribution in [0.1, 0.15) is 12.0 Å². The molecule has 1 aromatic rings. The second-order valence-electron chi connectivity index (χ2n) is 5.16. The molecule has 0 saturated carbocycles. The molecule has 1 aromatic carbocycles. The van der Waals surface area contributed by atoms with Gasteiger partial charge in [-0.3, -0.25) is 9.69 Å². The number of benzene rings is 1. The van der Waals surface area contributed by atoms with Gasteiger partial charge in [-0.2, -0.15) is 0 Å². The highest BCUT2D eigenvalue weighted by atomic mass is 35.5. The maximum atomic E-state index is 12.0. The molecule has 1 unspecified atom stereocenters. The lowest BCUT2D eigenvalue weighted by Gasteiger charge is -2.15. The Morgan fingerprint density at radius 3 is 3.00 bits per heavy atom. The van der Waals surface area contributed by atoms with Gasteiger partial charge in [-0.1, -0.05) is 17.7 Å². The molecule has 1 aliphatic rings. The van der Waals surface area contributed by atoms with E-state index >= 15 is 0 Å². The molecule has 1 fully saturated rings. The van der Waals surface area contributed by atoms with Crippen LogP contribution in [0.25, 0.3) is 0 Å². The zero-order valence-electron chi connectivity index (χ0n) is 11.2. The normalized spacial score (nSPS) is 19.6. The fourth-order valence-corrected chi connectivity index (χ4v) is 2.65. The van der Waals surface area contributed by atoms with Crippen LogP contribution >= 0.6 is 11.6 Å². The first-order valence-electron chi connectivity index (χ1n) is 6.57. The van der Waals surface area contributed by atoms with Crippen molar-refractivity contribution in [2.75, 3.05) is 31.5 Å². The molecule has 0 bridgehead atoms. The van der Waals surface area contributed by atoms with Crippen LogP contribution < -0.4 is 11.1 Å². The molecule has 1 heterocycles. The summed E-state index contributed by atoms with van der Waals surface area (Å²) in [7, 11) is 0. The number of nitrogens with one attached hydrogen (secondary N) is 1. The summed E-state index contributed by atoms with van der Waals surface area (Å²) in [5, 5.41) is 3.43. The van der Waals surface area contributed by atoms with E-state index in [1.54, 1.807) is 0 Å². The molecular formula is C14H20ClN3O. The molecule has 0 aromatic heterocycles. The Morgan fingerprint density at radius 1 is 1.58 bits per heavy atom. The third-order valence-corrected chi connectivity index (χ3v) is 3.78. The smallest absolute Gasteiger partial charge is 0.238 e. The lowest BCUT2D eigenvalue weighted by Crippen LogP contribution is -2.32. The predicted octanol–water partition coefficient (Wildman–Crippen LogP) is 1.87. The van der Waals surface area contributed by atoms with Gasteiger partial charge < -0.3 is 11.1 Å². The number of carbonyl (C=O) groups is 1. The van der Waals surface area contributed by atoms with Crippen molar-refractivity contribution in [3.05, 3.63) is 28.8 Å². The standard InChI is InChI=1S/C14H20ClN3O/c1-10-2-3-13(12(15)6-10)17-14(19)9-18-5-4-11(7-16)8-18/h2-3,6,11H,4-5,7-9,16H2,1H3,(H,17,19). The lowest BCUT2D eigenvalue weighted by atomic mass is 10.1. The Kier molecular flexibility index (Phi) is 4.80. The fourth-order valence-electron chi connectivity index (χ4n) is 2.36. The van der Waals surface area contributed by atoms with Crippen LogP contribution in [0, 0.1) is 12.8 Å². The molecule has 0 spiro atoms. The van der Waals surface area contributed by atoms with Gasteiger partial charge in [0.15, 0.2) is 0 Å². The van der Waals surface area contributed by atoms with Crippen molar-refractivity contribution in [3.63, 3.8) is 0 Å². The Morgan fingerprint density at radius 2 is 2.37 bits per heavy atom. The van der Waals surface area contributed by atoms with E-state index in [1.165, 1.54) is 0 Å². The van der Waals surface area contributed by atoms with Crippen LogP contribution in [0.2, 0.25) is 5.02 Å². The van der Waals surface area contributed by atoms with E-state index in [4.69, 9.17) is 17.3 Å². The number of carbonyl (C=O) groups excluding carboxylic acids is 1. The summed E-state index contributed by atoms with van der Waals surface area (Å²) in [6, 6.07) is 5.61. The second-order valence-corrected chi connectivity index (χ2v) is 5.56. The molecule has 5 heteroatoms. The van der Waals surface area contributed by atoms with Crippen molar-refractivity contribution < 1.29 is 4.79 Å². The molecule has 2 rings (SSSR count). The van der Waals surface area contributed by atoms with Gasteiger partial charge in [-0.25, -0.2) is 0 Å². The van der Waals surface area contributed by atoms with E-state index < -0.39 is 0 Å². The molecule has 104 valence electrons. The van der Waals surface area contributed by atoms with Crippen LogP contribution in [0.5, 0.6) is 0 Å². The van der Waals surface area contributed by atoms with Crippen molar-refractivity contribution in [2.45, 2.75) is 13.3 Å².